The maximum atomic E-state index is 11.2. The highest BCUT2D eigenvalue weighted by Gasteiger charge is 2.24. The summed E-state index contributed by atoms with van der Waals surface area (Å²) in [4.78, 5) is 89.3. The van der Waals surface area contributed by atoms with Gasteiger partial charge >= 0.3 is 0 Å². The molecule has 0 saturated carbocycles. The lowest BCUT2D eigenvalue weighted by atomic mass is 10.3. The third-order valence-electron chi connectivity index (χ3n) is 23.3. The standard InChI is InChI=1S/C10H15N3.C9H14N4.C8H16N2O.C8H18N2.C7H16N2O2S.C7H14N2O.C7H16N2.C6H14N2O2S.C6H12N2O.C6H14N2.C5H11NO2S.C5H11NO/c1-12-6-8-13(9-7-12)10-4-2-3-5-11-10;1-12-5-7-13(8-6-12)9-10-3-2-4-11-9;1-8(11)10-5-3-4-9(2)6-7-10;1-3-4-10-7-5-9(2)6-8-10;1-8-4-3-5-9(7-6-8)12(2,10)11;1-7(10)9-5-3-8(2)4-6-9;1-8-4-3-5-9(2)7-6-8;1-7-3-5-8(6-4-7)11(2,9)10;1-7-2-4-8(6-9)5-3-7;1-7-3-5-8(2)6-4-7;1-6-2-4-9(7,8)5-3-6;1-6-2-4-7-5-3-6/h2-5H,6-9H2,1H3;2-4H,5-8H2,1H3;3-7H2,1-2H3;3-8H2,1-2H3;3-7H2,1-2H3;3-6H2,1-2H3;3-7H2,1-2H3;3-6H2,1-2H3;6H,2-5H2,1H3;3-6H2,1-2H3;2-5H2,1H3;2-5H2,1H3. The van der Waals surface area contributed by atoms with E-state index in [0.717, 1.165) is 214 Å². The van der Waals surface area contributed by atoms with Crippen LogP contribution in [0, 0.1) is 0 Å². The minimum absolute atomic E-state index is 0.202. The van der Waals surface area contributed by atoms with Crippen LogP contribution < -0.4 is 9.80 Å². The van der Waals surface area contributed by atoms with Crippen molar-refractivity contribution in [3.05, 3.63) is 42.9 Å². The van der Waals surface area contributed by atoms with Gasteiger partial charge in [-0.05, 0) is 175 Å². The number of morpholine rings is 1. The van der Waals surface area contributed by atoms with Crippen LogP contribution >= 0.6 is 0 Å². The van der Waals surface area contributed by atoms with E-state index < -0.39 is 29.9 Å². The fraction of sp³-hybridized carbons (Fsp3) is 0.857. The summed E-state index contributed by atoms with van der Waals surface area (Å²) >= 11 is 0. The highest BCUT2D eigenvalue weighted by atomic mass is 32.2. The number of amides is 3. The number of rotatable bonds is 7. The second-order valence-electron chi connectivity index (χ2n) is 34.6. The van der Waals surface area contributed by atoms with Gasteiger partial charge in [0.1, 0.15) is 5.82 Å². The molecule has 2 aromatic heterocycles. The molecular formula is C84H171N25O10S3. The summed E-state index contributed by atoms with van der Waals surface area (Å²) in [5.41, 5.74) is 0. The van der Waals surface area contributed by atoms with Crippen LogP contribution in [0.15, 0.2) is 42.9 Å². The van der Waals surface area contributed by atoms with Crippen LogP contribution in [0.5, 0.6) is 0 Å². The molecule has 12 fully saturated rings. The van der Waals surface area contributed by atoms with E-state index in [1.165, 1.54) is 115 Å². The molecule has 0 unspecified atom stereocenters. The summed E-state index contributed by atoms with van der Waals surface area (Å²) in [6.45, 7) is 53.5. The van der Waals surface area contributed by atoms with E-state index in [4.69, 9.17) is 4.74 Å². The quantitative estimate of drug-likeness (QED) is 0.308. The van der Waals surface area contributed by atoms with Gasteiger partial charge in [0.05, 0.1) is 37.2 Å². The average molecular weight is 1790 g/mol. The smallest absolute Gasteiger partial charge is 0.225 e. The molecule has 0 atom stereocenters. The van der Waals surface area contributed by atoms with E-state index >= 15 is 0 Å². The van der Waals surface area contributed by atoms with Crippen molar-refractivity contribution in [2.24, 2.45) is 0 Å². The number of anilines is 2. The minimum atomic E-state index is -2.97. The van der Waals surface area contributed by atoms with E-state index in [9.17, 15) is 39.6 Å². The van der Waals surface area contributed by atoms with Crippen LogP contribution in [0.3, 0.4) is 0 Å². The number of aromatic nitrogens is 3. The summed E-state index contributed by atoms with van der Waals surface area (Å²) in [7, 11) is 21.0. The number of ether oxygens (including phenoxy) is 1. The number of sulfone groups is 1. The van der Waals surface area contributed by atoms with Gasteiger partial charge in [0, 0.05) is 294 Å². The lowest BCUT2D eigenvalue weighted by Crippen LogP contribution is -2.46. The highest BCUT2D eigenvalue weighted by Crippen LogP contribution is 2.13. The molecule has 0 aromatic carbocycles. The third-order valence-corrected chi connectivity index (χ3v) is 27.5. The number of hydrogen-bond acceptors (Lipinski definition) is 30. The Bertz CT molecular complexity index is 3230. The Balaban J connectivity index is 0.000000345. The van der Waals surface area contributed by atoms with Crippen molar-refractivity contribution in [1.82, 2.24) is 112 Å². The van der Waals surface area contributed by atoms with Crippen LogP contribution in [0.25, 0.3) is 0 Å². The first kappa shape index (κ1) is 112. The second kappa shape index (κ2) is 63.3. The zero-order valence-electron chi connectivity index (χ0n) is 79.6. The van der Waals surface area contributed by atoms with Gasteiger partial charge in [0.25, 0.3) is 0 Å². The first-order chi connectivity index (χ1) is 57.8. The van der Waals surface area contributed by atoms with Crippen LogP contribution in [0.2, 0.25) is 0 Å². The Hall–Kier alpha value is -4.63. The van der Waals surface area contributed by atoms with Gasteiger partial charge in [-0.1, -0.05) is 13.0 Å². The van der Waals surface area contributed by atoms with Crippen LogP contribution in [-0.2, 0) is 49.0 Å². The number of hydrogen-bond donors (Lipinski definition) is 0. The Labute approximate surface area is 741 Å². The van der Waals surface area contributed by atoms with Crippen LogP contribution in [0.1, 0.15) is 46.5 Å². The molecule has 14 rings (SSSR count). The summed E-state index contributed by atoms with van der Waals surface area (Å²) in [6, 6.07) is 7.92. The molecule has 710 valence electrons. The number of carbonyl (C=O) groups is 3. The molecule has 0 bridgehead atoms. The van der Waals surface area contributed by atoms with Gasteiger partial charge in [-0.15, -0.1) is 0 Å². The van der Waals surface area contributed by atoms with Gasteiger partial charge in [-0.2, -0.15) is 4.31 Å². The Morgan fingerprint density at radius 2 is 0.664 bits per heavy atom. The van der Waals surface area contributed by atoms with E-state index in [2.05, 4.69) is 184 Å². The molecule has 0 spiro atoms. The van der Waals surface area contributed by atoms with E-state index in [1.54, 1.807) is 35.4 Å². The van der Waals surface area contributed by atoms with E-state index in [-0.39, 0.29) is 11.8 Å². The average Bonchev–Trinajstić information content (AvgIpc) is 1.23. The molecule has 12 aliphatic rings. The molecule has 35 nitrogen and oxygen atoms in total. The highest BCUT2D eigenvalue weighted by molar-refractivity contribution is 7.91. The first-order valence-electron chi connectivity index (χ1n) is 44.7. The molecule has 0 aliphatic carbocycles. The minimum Gasteiger partial charge on any atom is -0.379 e. The number of pyridine rings is 1. The molecular weight excluding hydrogens is 1620 g/mol. The lowest BCUT2D eigenvalue weighted by molar-refractivity contribution is -0.130. The fourth-order valence-corrected chi connectivity index (χ4v) is 16.9. The predicted octanol–water partition coefficient (Wildman–Crippen LogP) is -0.764. The van der Waals surface area contributed by atoms with Crippen molar-refractivity contribution in [2.45, 2.75) is 46.5 Å². The molecule has 14 heterocycles. The Kier molecular flexibility index (Phi) is 57.9. The van der Waals surface area contributed by atoms with Crippen molar-refractivity contribution in [1.29, 1.82) is 0 Å². The third kappa shape index (κ3) is 53.9. The largest absolute Gasteiger partial charge is 0.379 e. The molecule has 0 radical (unpaired) electrons. The summed E-state index contributed by atoms with van der Waals surface area (Å²) < 4.78 is 74.0. The number of likely N-dealkylation sites (N-methyl/N-ethyl adjacent to an activating group) is 13. The topological polar surface area (TPSA) is 273 Å². The normalized spacial score (nSPS) is 22.9. The van der Waals surface area contributed by atoms with Crippen molar-refractivity contribution < 1.29 is 44.4 Å². The zero-order valence-corrected chi connectivity index (χ0v) is 82.0. The van der Waals surface area contributed by atoms with Crippen molar-refractivity contribution in [3.8, 4) is 0 Å². The molecule has 2 aromatic rings. The Morgan fingerprint density at radius 3 is 1.01 bits per heavy atom. The first-order valence-corrected chi connectivity index (χ1v) is 50.3. The maximum Gasteiger partial charge on any atom is 0.225 e. The van der Waals surface area contributed by atoms with Gasteiger partial charge < -0.3 is 103 Å². The van der Waals surface area contributed by atoms with Gasteiger partial charge in [-0.25, -0.2) is 44.5 Å². The van der Waals surface area contributed by atoms with Crippen molar-refractivity contribution in [3.63, 3.8) is 0 Å². The fourth-order valence-electron chi connectivity index (χ4n) is 13.8. The number of sulfonamides is 2. The lowest BCUT2D eigenvalue weighted by Gasteiger charge is -2.33. The molecule has 12 aliphatic heterocycles. The number of carbonyl (C=O) groups excluding carboxylic acids is 3. The SMILES string of the molecule is CC(=O)N1CCCN(C)CC1.CC(=O)N1CCN(C)CC1.CCCN1CCN(C)CC1.CN1CCCN(C)CC1.CN1CCCN(S(C)(=O)=O)CC1.CN1CCN(C)CC1.CN1CCN(C=O)CC1.CN1CCN(S(C)(=O)=O)CC1.CN1CCN(c2ccccn2)CC1.CN1CCN(c2ncccn2)CC1.CN1CCOCC1.CN1CCS(=O)(=O)CC1. The van der Waals surface area contributed by atoms with Crippen LogP contribution in [-0.4, -0.2) is 586 Å². The van der Waals surface area contributed by atoms with E-state index in [0.29, 0.717) is 50.8 Å². The summed E-state index contributed by atoms with van der Waals surface area (Å²) in [5, 5.41) is 0. The van der Waals surface area contributed by atoms with Crippen molar-refractivity contribution in [2.75, 3.05) is 440 Å². The van der Waals surface area contributed by atoms with Gasteiger partial charge in [0.2, 0.25) is 44.2 Å². The monoisotopic (exact) mass is 1790 g/mol. The maximum absolute atomic E-state index is 11.2. The van der Waals surface area contributed by atoms with E-state index in [1.807, 2.05) is 60.2 Å². The molecule has 38 heteroatoms. The number of piperazine rings is 7. The molecule has 3 amide bonds. The van der Waals surface area contributed by atoms with Gasteiger partial charge in [-0.3, -0.25) is 14.4 Å². The van der Waals surface area contributed by atoms with Crippen molar-refractivity contribution >= 4 is 59.9 Å². The summed E-state index contributed by atoms with van der Waals surface area (Å²) in [6.07, 6.45) is 13.6. The molecule has 0 N–H and O–H groups in total. The molecule has 12 saturated heterocycles. The molecule has 122 heavy (non-hydrogen) atoms. The second-order valence-corrected chi connectivity index (χ2v) is 40.9. The Morgan fingerprint density at radius 1 is 0.361 bits per heavy atom. The summed E-state index contributed by atoms with van der Waals surface area (Å²) in [5.74, 6) is 3.05. The predicted molar refractivity (Wildman–Crippen MR) is 501 cm³/mol. The van der Waals surface area contributed by atoms with Crippen LogP contribution in [0.4, 0.5) is 11.8 Å². The number of nitrogens with zero attached hydrogens (tertiary/aromatic N) is 25. The van der Waals surface area contributed by atoms with Gasteiger partial charge in [0.15, 0.2) is 9.84 Å². The zero-order chi connectivity index (χ0) is 90.5.